The summed E-state index contributed by atoms with van der Waals surface area (Å²) < 4.78 is 10.9. The Morgan fingerprint density at radius 3 is 2.34 bits per heavy atom. The molecule has 0 radical (unpaired) electrons. The molecule has 3 N–H and O–H groups in total. The van der Waals surface area contributed by atoms with Gasteiger partial charge in [-0.3, -0.25) is 9.59 Å². The van der Waals surface area contributed by atoms with Gasteiger partial charge in [0.15, 0.2) is 6.10 Å². The van der Waals surface area contributed by atoms with Crippen molar-refractivity contribution < 1.29 is 34.1 Å². The van der Waals surface area contributed by atoms with Crippen LogP contribution in [0.1, 0.15) is 26.3 Å². The van der Waals surface area contributed by atoms with E-state index in [9.17, 15) is 24.6 Å². The summed E-state index contributed by atoms with van der Waals surface area (Å²) in [6.45, 7) is 7.16. The fourth-order valence-electron chi connectivity index (χ4n) is 3.38. The van der Waals surface area contributed by atoms with Crippen LogP contribution >= 0.6 is 11.6 Å². The number of ether oxygens (including phenoxy) is 2. The minimum absolute atomic E-state index is 0.00345. The van der Waals surface area contributed by atoms with Gasteiger partial charge in [-0.2, -0.15) is 0 Å². The number of carbonyl (C=O) groups is 3. The van der Waals surface area contributed by atoms with Gasteiger partial charge in [-0.15, -0.1) is 0 Å². The first kappa shape index (κ1) is 28.6. The number of aliphatic hydroxyl groups is 1. The van der Waals surface area contributed by atoms with E-state index < -0.39 is 29.6 Å². The number of hydrogen-bond acceptors (Lipinski definition) is 6. The van der Waals surface area contributed by atoms with Crippen molar-refractivity contribution >= 4 is 29.5 Å². The van der Waals surface area contributed by atoms with Crippen LogP contribution in [-0.2, 0) is 25.5 Å². The third-order valence-corrected chi connectivity index (χ3v) is 5.58. The molecule has 1 atom stereocenters. The molecule has 1 aromatic carbocycles. The van der Waals surface area contributed by atoms with Gasteiger partial charge in [-0.25, -0.2) is 4.79 Å². The van der Waals surface area contributed by atoms with Crippen molar-refractivity contribution in [1.29, 1.82) is 0 Å². The van der Waals surface area contributed by atoms with Crippen LogP contribution in [0.2, 0.25) is 5.02 Å². The Morgan fingerprint density at radius 2 is 1.74 bits per heavy atom. The summed E-state index contributed by atoms with van der Waals surface area (Å²) >= 11 is 5.86. The first-order chi connectivity index (χ1) is 16.5. The third-order valence-electron chi connectivity index (χ3n) is 5.33. The van der Waals surface area contributed by atoms with Gasteiger partial charge < -0.3 is 34.8 Å². The quantitative estimate of drug-likeness (QED) is 0.345. The molecule has 10 nitrogen and oxygen atoms in total. The minimum atomic E-state index is -1.51. The monoisotopic (exact) mass is 511 g/mol. The number of carbonyl (C=O) groups excluding carboxylic acids is 2. The largest absolute Gasteiger partial charge is 0.465 e. The second-order valence-electron chi connectivity index (χ2n) is 8.98. The van der Waals surface area contributed by atoms with E-state index >= 15 is 0 Å². The molecule has 1 aromatic rings. The van der Waals surface area contributed by atoms with Crippen molar-refractivity contribution in [3.8, 4) is 0 Å². The van der Waals surface area contributed by atoms with Crippen LogP contribution in [0.25, 0.3) is 0 Å². The van der Waals surface area contributed by atoms with Crippen LogP contribution in [0.5, 0.6) is 0 Å². The zero-order valence-corrected chi connectivity index (χ0v) is 21.1. The molecule has 1 aliphatic heterocycles. The molecule has 11 heteroatoms. The number of aliphatic hydroxyl groups excluding tert-OH is 1. The van der Waals surface area contributed by atoms with E-state index in [2.05, 4.69) is 5.32 Å². The Bertz CT molecular complexity index is 899. The standard InChI is InChI=1S/C24H34ClN3O7/c1-24(2,3)28(23(32)33)11-13-35-15-14-34-12-10-27-16-19(20(29)22(27)31)21(30)26-9-8-17-4-6-18(25)7-5-17/h4-7,16,20,29H,8-15H2,1-3H3,(H,26,30)(H,32,33). The summed E-state index contributed by atoms with van der Waals surface area (Å²) in [4.78, 5) is 38.5. The highest BCUT2D eigenvalue weighted by Gasteiger charge is 2.35. The fourth-order valence-corrected chi connectivity index (χ4v) is 3.51. The molecular weight excluding hydrogens is 478 g/mol. The molecular formula is C24H34ClN3O7. The molecule has 0 aliphatic carbocycles. The fraction of sp³-hybridized carbons (Fsp3) is 0.542. The van der Waals surface area contributed by atoms with Crippen molar-refractivity contribution in [3.63, 3.8) is 0 Å². The number of nitrogens with one attached hydrogen (secondary N) is 1. The lowest BCUT2D eigenvalue weighted by Gasteiger charge is -2.32. The molecule has 1 aliphatic rings. The van der Waals surface area contributed by atoms with Crippen LogP contribution in [-0.4, -0.2) is 95.6 Å². The first-order valence-electron chi connectivity index (χ1n) is 11.4. The number of benzene rings is 1. The Balaban J connectivity index is 1.65. The highest BCUT2D eigenvalue weighted by atomic mass is 35.5. The van der Waals surface area contributed by atoms with Crippen molar-refractivity contribution in [1.82, 2.24) is 15.1 Å². The predicted octanol–water partition coefficient (Wildman–Crippen LogP) is 1.90. The normalized spacial score (nSPS) is 15.8. The highest BCUT2D eigenvalue weighted by Crippen LogP contribution is 2.17. The van der Waals surface area contributed by atoms with E-state index in [-0.39, 0.29) is 45.1 Å². The molecule has 0 spiro atoms. The minimum Gasteiger partial charge on any atom is -0.465 e. The number of halogens is 1. The van der Waals surface area contributed by atoms with Gasteiger partial charge in [0.1, 0.15) is 0 Å². The lowest BCUT2D eigenvalue weighted by atomic mass is 10.1. The molecule has 3 amide bonds. The van der Waals surface area contributed by atoms with Gasteiger partial charge in [0.2, 0.25) is 0 Å². The molecule has 0 saturated heterocycles. The van der Waals surface area contributed by atoms with Crippen molar-refractivity contribution in [2.45, 2.75) is 38.8 Å². The van der Waals surface area contributed by atoms with Gasteiger partial charge in [-0.1, -0.05) is 23.7 Å². The molecule has 1 unspecified atom stereocenters. The molecule has 35 heavy (non-hydrogen) atoms. The van der Waals surface area contributed by atoms with E-state index in [0.29, 0.717) is 18.0 Å². The van der Waals surface area contributed by atoms with Gasteiger partial charge >= 0.3 is 6.09 Å². The van der Waals surface area contributed by atoms with E-state index in [1.807, 2.05) is 32.9 Å². The Hall–Kier alpha value is -2.66. The number of rotatable bonds is 13. The van der Waals surface area contributed by atoms with Gasteiger partial charge in [0.25, 0.3) is 11.8 Å². The average molecular weight is 512 g/mol. The van der Waals surface area contributed by atoms with Crippen LogP contribution in [0.15, 0.2) is 36.0 Å². The van der Waals surface area contributed by atoms with E-state index in [4.69, 9.17) is 21.1 Å². The van der Waals surface area contributed by atoms with E-state index in [1.54, 1.807) is 12.1 Å². The summed E-state index contributed by atoms with van der Waals surface area (Å²) in [5.41, 5.74) is 0.484. The zero-order valence-electron chi connectivity index (χ0n) is 20.3. The van der Waals surface area contributed by atoms with Gasteiger partial charge in [0.05, 0.1) is 32.0 Å². The average Bonchev–Trinajstić information content (AvgIpc) is 3.06. The maximum absolute atomic E-state index is 12.4. The van der Waals surface area contributed by atoms with E-state index in [0.717, 1.165) is 5.56 Å². The number of amides is 3. The summed E-state index contributed by atoms with van der Waals surface area (Å²) in [6.07, 6.45) is -0.576. The summed E-state index contributed by atoms with van der Waals surface area (Å²) in [5, 5.41) is 22.7. The first-order valence-corrected chi connectivity index (χ1v) is 11.8. The smallest absolute Gasteiger partial charge is 0.407 e. The molecule has 0 aromatic heterocycles. The summed E-state index contributed by atoms with van der Waals surface area (Å²) in [5.74, 6) is -1.08. The van der Waals surface area contributed by atoms with Crippen molar-refractivity contribution in [2.24, 2.45) is 0 Å². The van der Waals surface area contributed by atoms with Crippen molar-refractivity contribution in [2.75, 3.05) is 46.1 Å². The Kier molecular flexibility index (Phi) is 11.0. The van der Waals surface area contributed by atoms with Crippen molar-refractivity contribution in [3.05, 3.63) is 46.6 Å². The number of hydrogen-bond donors (Lipinski definition) is 3. The third kappa shape index (κ3) is 9.14. The summed E-state index contributed by atoms with van der Waals surface area (Å²) in [7, 11) is 0. The van der Waals surface area contributed by atoms with Crippen LogP contribution < -0.4 is 5.32 Å². The topological polar surface area (TPSA) is 129 Å². The molecule has 194 valence electrons. The Morgan fingerprint density at radius 1 is 1.11 bits per heavy atom. The number of carboxylic acid groups (broad SMARTS) is 1. The molecule has 0 bridgehead atoms. The maximum atomic E-state index is 12.4. The van der Waals surface area contributed by atoms with Gasteiger partial charge in [0, 0.05) is 36.4 Å². The highest BCUT2D eigenvalue weighted by molar-refractivity contribution is 6.30. The SMILES string of the molecule is CC(C)(C)N(CCOCCOCCN1C=C(C(=O)NCCc2ccc(Cl)cc2)C(O)C1=O)C(=O)O. The van der Waals surface area contributed by atoms with Crippen LogP contribution in [0, 0.1) is 0 Å². The Labute approximate surface area is 210 Å². The number of nitrogens with zero attached hydrogens (tertiary/aromatic N) is 2. The second kappa shape index (κ2) is 13.4. The lowest BCUT2D eigenvalue weighted by molar-refractivity contribution is -0.135. The maximum Gasteiger partial charge on any atom is 0.407 e. The second-order valence-corrected chi connectivity index (χ2v) is 9.42. The van der Waals surface area contributed by atoms with Crippen LogP contribution in [0.3, 0.4) is 0 Å². The predicted molar refractivity (Wildman–Crippen MR) is 130 cm³/mol. The molecule has 0 fully saturated rings. The summed E-state index contributed by atoms with van der Waals surface area (Å²) in [6, 6.07) is 7.27. The molecule has 2 rings (SSSR count). The van der Waals surface area contributed by atoms with E-state index in [1.165, 1.54) is 16.0 Å². The van der Waals surface area contributed by atoms with Gasteiger partial charge in [-0.05, 0) is 44.9 Å². The van der Waals surface area contributed by atoms with Crippen LogP contribution in [0.4, 0.5) is 4.79 Å². The lowest BCUT2D eigenvalue weighted by Crippen LogP contribution is -2.46. The molecule has 0 saturated carbocycles. The molecule has 1 heterocycles. The zero-order chi connectivity index (χ0) is 26.0.